The van der Waals surface area contributed by atoms with Gasteiger partial charge in [0.1, 0.15) is 0 Å². The largest absolute Gasteiger partial charge is 0.469 e. The summed E-state index contributed by atoms with van der Waals surface area (Å²) in [5, 5.41) is 0. The summed E-state index contributed by atoms with van der Waals surface area (Å²) in [5.41, 5.74) is 5.34. The SMILES string of the molecule is COC(=O)CCCN(C)C(=O)CCCCN. The standard InChI is InChI=1S/C11H22N2O3/c1-13(9-5-7-11(15)16-2)10(14)6-3-4-8-12/h3-9,12H2,1-2H3. The summed E-state index contributed by atoms with van der Waals surface area (Å²) in [4.78, 5) is 24.0. The van der Waals surface area contributed by atoms with Crippen LogP contribution in [-0.2, 0) is 14.3 Å². The van der Waals surface area contributed by atoms with Crippen molar-refractivity contribution < 1.29 is 14.3 Å². The molecule has 16 heavy (non-hydrogen) atoms. The minimum Gasteiger partial charge on any atom is -0.469 e. The van der Waals surface area contributed by atoms with E-state index in [2.05, 4.69) is 4.74 Å². The van der Waals surface area contributed by atoms with Crippen LogP contribution in [0.4, 0.5) is 0 Å². The van der Waals surface area contributed by atoms with Crippen LogP contribution >= 0.6 is 0 Å². The van der Waals surface area contributed by atoms with E-state index in [9.17, 15) is 9.59 Å². The minimum absolute atomic E-state index is 0.110. The molecule has 0 bridgehead atoms. The van der Waals surface area contributed by atoms with E-state index >= 15 is 0 Å². The highest BCUT2D eigenvalue weighted by atomic mass is 16.5. The molecule has 0 aliphatic rings. The Morgan fingerprint density at radius 1 is 1.19 bits per heavy atom. The third kappa shape index (κ3) is 7.23. The van der Waals surface area contributed by atoms with Crippen LogP contribution in [0, 0.1) is 0 Å². The molecule has 5 nitrogen and oxygen atoms in total. The first kappa shape index (κ1) is 14.9. The first-order chi connectivity index (χ1) is 7.61. The maximum absolute atomic E-state index is 11.5. The van der Waals surface area contributed by atoms with Crippen molar-refractivity contribution in [3.8, 4) is 0 Å². The third-order valence-corrected chi connectivity index (χ3v) is 2.37. The third-order valence-electron chi connectivity index (χ3n) is 2.37. The highest BCUT2D eigenvalue weighted by molar-refractivity contribution is 5.75. The molecule has 0 aromatic heterocycles. The van der Waals surface area contributed by atoms with Crippen LogP contribution in [0.5, 0.6) is 0 Å². The van der Waals surface area contributed by atoms with Crippen LogP contribution in [-0.4, -0.2) is 44.0 Å². The number of ether oxygens (including phenoxy) is 1. The smallest absolute Gasteiger partial charge is 0.305 e. The molecular weight excluding hydrogens is 208 g/mol. The van der Waals surface area contributed by atoms with Crippen molar-refractivity contribution in [3.63, 3.8) is 0 Å². The quantitative estimate of drug-likeness (QED) is 0.487. The Hall–Kier alpha value is -1.10. The fraction of sp³-hybridized carbons (Fsp3) is 0.818. The van der Waals surface area contributed by atoms with E-state index in [1.807, 2.05) is 0 Å². The van der Waals surface area contributed by atoms with E-state index in [1.54, 1.807) is 11.9 Å². The lowest BCUT2D eigenvalue weighted by Gasteiger charge is -2.16. The lowest BCUT2D eigenvalue weighted by Crippen LogP contribution is -2.28. The maximum atomic E-state index is 11.5. The van der Waals surface area contributed by atoms with Crippen molar-refractivity contribution >= 4 is 11.9 Å². The molecule has 0 aliphatic heterocycles. The van der Waals surface area contributed by atoms with E-state index in [-0.39, 0.29) is 11.9 Å². The molecule has 0 spiro atoms. The number of rotatable bonds is 8. The van der Waals surface area contributed by atoms with E-state index in [4.69, 9.17) is 5.73 Å². The summed E-state index contributed by atoms with van der Waals surface area (Å²) >= 11 is 0. The van der Waals surface area contributed by atoms with Gasteiger partial charge in [-0.2, -0.15) is 0 Å². The second kappa shape index (κ2) is 9.15. The lowest BCUT2D eigenvalue weighted by atomic mass is 10.2. The molecule has 0 atom stereocenters. The molecule has 94 valence electrons. The Bertz CT molecular complexity index is 219. The summed E-state index contributed by atoms with van der Waals surface area (Å²) in [6.07, 6.45) is 3.24. The van der Waals surface area contributed by atoms with Gasteiger partial charge in [-0.05, 0) is 25.8 Å². The zero-order valence-corrected chi connectivity index (χ0v) is 10.2. The van der Waals surface area contributed by atoms with Gasteiger partial charge in [-0.1, -0.05) is 0 Å². The summed E-state index contributed by atoms with van der Waals surface area (Å²) in [7, 11) is 3.12. The molecule has 0 saturated carbocycles. The molecule has 0 aromatic carbocycles. The molecule has 0 radical (unpaired) electrons. The van der Waals surface area contributed by atoms with E-state index in [0.717, 1.165) is 12.8 Å². The molecule has 0 saturated heterocycles. The van der Waals surface area contributed by atoms with Gasteiger partial charge in [0.25, 0.3) is 0 Å². The number of esters is 1. The number of nitrogens with two attached hydrogens (primary N) is 1. The molecule has 1 amide bonds. The molecule has 0 fully saturated rings. The number of carbonyl (C=O) groups excluding carboxylic acids is 2. The average Bonchev–Trinajstić information content (AvgIpc) is 2.28. The normalized spacial score (nSPS) is 9.94. The summed E-state index contributed by atoms with van der Waals surface area (Å²) in [5.74, 6) is -0.123. The molecule has 0 heterocycles. The van der Waals surface area contributed by atoms with Crippen LogP contribution in [0.3, 0.4) is 0 Å². The minimum atomic E-state index is -0.232. The summed E-state index contributed by atoms with van der Waals surface area (Å²) in [6, 6.07) is 0. The van der Waals surface area contributed by atoms with Crippen LogP contribution < -0.4 is 5.73 Å². The second-order valence-electron chi connectivity index (χ2n) is 3.74. The molecular formula is C11H22N2O3. The van der Waals surface area contributed by atoms with Crippen LogP contribution in [0.1, 0.15) is 32.1 Å². The number of hydrogen-bond donors (Lipinski definition) is 1. The Kier molecular flexibility index (Phi) is 8.52. The summed E-state index contributed by atoms with van der Waals surface area (Å²) < 4.78 is 4.52. The Balaban J connectivity index is 3.58. The van der Waals surface area contributed by atoms with Gasteiger partial charge in [0.2, 0.25) is 5.91 Å². The van der Waals surface area contributed by atoms with Crippen LogP contribution in [0.25, 0.3) is 0 Å². The van der Waals surface area contributed by atoms with Crippen molar-refractivity contribution in [1.82, 2.24) is 4.90 Å². The Labute approximate surface area is 96.9 Å². The van der Waals surface area contributed by atoms with Gasteiger partial charge in [0.05, 0.1) is 7.11 Å². The highest BCUT2D eigenvalue weighted by Crippen LogP contribution is 2.01. The molecule has 0 unspecified atom stereocenters. The van der Waals surface area contributed by atoms with Crippen LogP contribution in [0.2, 0.25) is 0 Å². The second-order valence-corrected chi connectivity index (χ2v) is 3.74. The lowest BCUT2D eigenvalue weighted by molar-refractivity contribution is -0.141. The number of amides is 1. The fourth-order valence-electron chi connectivity index (χ4n) is 1.30. The molecule has 0 aromatic rings. The monoisotopic (exact) mass is 230 g/mol. The first-order valence-corrected chi connectivity index (χ1v) is 5.62. The van der Waals surface area contributed by atoms with Crippen LogP contribution in [0.15, 0.2) is 0 Å². The first-order valence-electron chi connectivity index (χ1n) is 5.62. The zero-order chi connectivity index (χ0) is 12.4. The van der Waals surface area contributed by atoms with Crippen molar-refractivity contribution in [2.24, 2.45) is 5.73 Å². The van der Waals surface area contributed by atoms with Gasteiger partial charge in [-0.25, -0.2) is 0 Å². The van der Waals surface area contributed by atoms with Crippen molar-refractivity contribution in [3.05, 3.63) is 0 Å². The molecule has 0 aliphatic carbocycles. The maximum Gasteiger partial charge on any atom is 0.305 e. The highest BCUT2D eigenvalue weighted by Gasteiger charge is 2.08. The summed E-state index contributed by atoms with van der Waals surface area (Å²) in [6.45, 7) is 1.22. The number of methoxy groups -OCH3 is 1. The van der Waals surface area contributed by atoms with Gasteiger partial charge < -0.3 is 15.4 Å². The number of hydrogen-bond acceptors (Lipinski definition) is 4. The van der Waals surface area contributed by atoms with Crippen molar-refractivity contribution in [2.75, 3.05) is 27.2 Å². The Morgan fingerprint density at radius 2 is 1.88 bits per heavy atom. The molecule has 5 heteroatoms. The van der Waals surface area contributed by atoms with E-state index < -0.39 is 0 Å². The molecule has 0 rings (SSSR count). The number of nitrogens with zero attached hydrogens (tertiary/aromatic N) is 1. The van der Waals surface area contributed by atoms with Crippen molar-refractivity contribution in [1.29, 1.82) is 0 Å². The van der Waals surface area contributed by atoms with Gasteiger partial charge in [0, 0.05) is 26.4 Å². The van der Waals surface area contributed by atoms with Crippen molar-refractivity contribution in [2.45, 2.75) is 32.1 Å². The predicted octanol–water partition coefficient (Wildman–Crippen LogP) is 0.527. The number of carbonyl (C=O) groups is 2. The zero-order valence-electron chi connectivity index (χ0n) is 10.2. The average molecular weight is 230 g/mol. The predicted molar refractivity (Wildman–Crippen MR) is 61.8 cm³/mol. The fourth-order valence-corrected chi connectivity index (χ4v) is 1.30. The van der Waals surface area contributed by atoms with Gasteiger partial charge in [-0.3, -0.25) is 9.59 Å². The molecule has 2 N–H and O–H groups in total. The topological polar surface area (TPSA) is 72.6 Å². The van der Waals surface area contributed by atoms with Gasteiger partial charge in [-0.15, -0.1) is 0 Å². The van der Waals surface area contributed by atoms with E-state index in [0.29, 0.717) is 32.4 Å². The van der Waals surface area contributed by atoms with Gasteiger partial charge in [0.15, 0.2) is 0 Å². The van der Waals surface area contributed by atoms with E-state index in [1.165, 1.54) is 7.11 Å². The Morgan fingerprint density at radius 3 is 2.44 bits per heavy atom. The number of unbranched alkanes of at least 4 members (excludes halogenated alkanes) is 1. The van der Waals surface area contributed by atoms with Gasteiger partial charge >= 0.3 is 5.97 Å².